The Morgan fingerprint density at radius 1 is 1.58 bits per heavy atom. The Balaban J connectivity index is 3.19. The minimum atomic E-state index is -4.67. The second kappa shape index (κ2) is 2.41. The van der Waals surface area contributed by atoms with Gasteiger partial charge >= 0.3 is 6.30 Å². The van der Waals surface area contributed by atoms with E-state index in [9.17, 15) is 13.2 Å². The summed E-state index contributed by atoms with van der Waals surface area (Å²) in [6, 6.07) is 2.30. The Bertz CT molecular complexity index is 331. The fourth-order valence-corrected chi connectivity index (χ4v) is 0.653. The Hall–Kier alpha value is -1.71. The van der Waals surface area contributed by atoms with Crippen molar-refractivity contribution in [2.24, 2.45) is 0 Å². The molecule has 0 spiro atoms. The predicted octanol–water partition coefficient (Wildman–Crippen LogP) is 0.813. The van der Waals surface area contributed by atoms with E-state index in [2.05, 4.69) is 5.10 Å². The molecule has 1 rings (SSSR count). The highest BCUT2D eigenvalue weighted by Gasteiger charge is 2.34. The van der Waals surface area contributed by atoms with Crippen LogP contribution in [0.25, 0.3) is 0 Å². The van der Waals surface area contributed by atoms with Crippen molar-refractivity contribution in [3.8, 4) is 6.07 Å². The lowest BCUT2D eigenvalue weighted by Gasteiger charge is -2.06. The number of nitrogens with zero attached hydrogens (tertiary/aromatic N) is 3. The molecule has 0 unspecified atom stereocenters. The standard InChI is InChI=1S/C5H3F3N4/c6-5(7,8)12-4(10)1-3(2-9)11-12/h1H,10H2. The van der Waals surface area contributed by atoms with E-state index in [-0.39, 0.29) is 10.4 Å². The summed E-state index contributed by atoms with van der Waals surface area (Å²) in [5.74, 6) is -0.598. The van der Waals surface area contributed by atoms with Crippen molar-refractivity contribution in [2.75, 3.05) is 5.73 Å². The van der Waals surface area contributed by atoms with E-state index in [0.29, 0.717) is 0 Å². The third kappa shape index (κ3) is 1.32. The van der Waals surface area contributed by atoms with Gasteiger partial charge in [-0.05, 0) is 0 Å². The van der Waals surface area contributed by atoms with Crippen molar-refractivity contribution >= 4 is 5.82 Å². The zero-order chi connectivity index (χ0) is 9.35. The Morgan fingerprint density at radius 2 is 2.17 bits per heavy atom. The number of alkyl halides is 3. The molecule has 0 saturated heterocycles. The predicted molar refractivity (Wildman–Crippen MR) is 32.7 cm³/mol. The lowest BCUT2D eigenvalue weighted by atomic mass is 10.5. The van der Waals surface area contributed by atoms with E-state index < -0.39 is 12.1 Å². The van der Waals surface area contributed by atoms with E-state index in [1.165, 1.54) is 6.07 Å². The highest BCUT2D eigenvalue weighted by Crippen LogP contribution is 2.24. The van der Waals surface area contributed by atoms with Gasteiger partial charge in [0.1, 0.15) is 11.9 Å². The second-order valence-corrected chi connectivity index (χ2v) is 1.95. The molecule has 64 valence electrons. The maximum absolute atomic E-state index is 11.9. The van der Waals surface area contributed by atoms with E-state index in [0.717, 1.165) is 6.07 Å². The van der Waals surface area contributed by atoms with Gasteiger partial charge in [-0.2, -0.15) is 15.0 Å². The quantitative estimate of drug-likeness (QED) is 0.636. The molecule has 12 heavy (non-hydrogen) atoms. The van der Waals surface area contributed by atoms with Crippen molar-refractivity contribution < 1.29 is 13.2 Å². The first kappa shape index (κ1) is 8.39. The lowest BCUT2D eigenvalue weighted by molar-refractivity contribution is -0.210. The van der Waals surface area contributed by atoms with Crippen molar-refractivity contribution in [1.29, 1.82) is 5.26 Å². The Labute approximate surface area is 65.0 Å². The molecule has 0 atom stereocenters. The summed E-state index contributed by atoms with van der Waals surface area (Å²) in [6.45, 7) is 0. The van der Waals surface area contributed by atoms with Crippen LogP contribution in [-0.2, 0) is 6.30 Å². The number of aromatic nitrogens is 2. The monoisotopic (exact) mass is 176 g/mol. The minimum Gasteiger partial charge on any atom is -0.384 e. The maximum atomic E-state index is 11.9. The third-order valence-electron chi connectivity index (χ3n) is 1.09. The van der Waals surface area contributed by atoms with Crippen LogP contribution < -0.4 is 5.73 Å². The zero-order valence-corrected chi connectivity index (χ0v) is 5.63. The van der Waals surface area contributed by atoms with Gasteiger partial charge in [0, 0.05) is 6.07 Å². The zero-order valence-electron chi connectivity index (χ0n) is 5.63. The van der Waals surface area contributed by atoms with Crippen LogP contribution in [0.3, 0.4) is 0 Å². The molecule has 0 aliphatic carbocycles. The molecule has 0 amide bonds. The van der Waals surface area contributed by atoms with Gasteiger partial charge in [0.15, 0.2) is 5.69 Å². The van der Waals surface area contributed by atoms with Crippen LogP contribution in [0, 0.1) is 11.3 Å². The Morgan fingerprint density at radius 3 is 2.42 bits per heavy atom. The van der Waals surface area contributed by atoms with Crippen molar-refractivity contribution in [3.63, 3.8) is 0 Å². The smallest absolute Gasteiger partial charge is 0.384 e. The van der Waals surface area contributed by atoms with Crippen LogP contribution in [0.4, 0.5) is 19.0 Å². The van der Waals surface area contributed by atoms with Gasteiger partial charge in [-0.15, -0.1) is 13.2 Å². The van der Waals surface area contributed by atoms with Gasteiger partial charge < -0.3 is 5.73 Å². The van der Waals surface area contributed by atoms with Crippen LogP contribution >= 0.6 is 0 Å². The molecule has 7 heteroatoms. The average Bonchev–Trinajstić information content (AvgIpc) is 2.29. The fraction of sp³-hybridized carbons (Fsp3) is 0.200. The normalized spacial score (nSPS) is 11.2. The van der Waals surface area contributed by atoms with E-state index in [1.54, 1.807) is 0 Å². The molecule has 2 N–H and O–H groups in total. The maximum Gasteiger partial charge on any atom is 0.506 e. The molecule has 1 aromatic rings. The van der Waals surface area contributed by atoms with Gasteiger partial charge in [-0.3, -0.25) is 0 Å². The molecule has 0 fully saturated rings. The van der Waals surface area contributed by atoms with E-state index in [1.807, 2.05) is 0 Å². The topological polar surface area (TPSA) is 67.6 Å². The molecule has 0 aliphatic heterocycles. The highest BCUT2D eigenvalue weighted by molar-refractivity contribution is 5.36. The van der Waals surface area contributed by atoms with Crippen LogP contribution in [0.15, 0.2) is 6.07 Å². The third-order valence-corrected chi connectivity index (χ3v) is 1.09. The minimum absolute atomic E-state index is 0.356. The van der Waals surface area contributed by atoms with Gasteiger partial charge in [0.2, 0.25) is 0 Å². The van der Waals surface area contributed by atoms with Crippen LogP contribution in [-0.4, -0.2) is 9.78 Å². The number of nitriles is 1. The first-order chi connectivity index (χ1) is 5.45. The van der Waals surface area contributed by atoms with Gasteiger partial charge in [0.05, 0.1) is 0 Å². The first-order valence-corrected chi connectivity index (χ1v) is 2.78. The van der Waals surface area contributed by atoms with Crippen LogP contribution in [0.5, 0.6) is 0 Å². The van der Waals surface area contributed by atoms with E-state index in [4.69, 9.17) is 11.0 Å². The highest BCUT2D eigenvalue weighted by atomic mass is 19.4. The van der Waals surface area contributed by atoms with Crippen molar-refractivity contribution in [2.45, 2.75) is 6.30 Å². The summed E-state index contributed by atoms with van der Waals surface area (Å²) < 4.78 is 35.4. The average molecular weight is 176 g/mol. The van der Waals surface area contributed by atoms with Crippen molar-refractivity contribution in [1.82, 2.24) is 9.78 Å². The van der Waals surface area contributed by atoms with Crippen LogP contribution in [0.2, 0.25) is 0 Å². The first-order valence-electron chi connectivity index (χ1n) is 2.78. The molecule has 1 heterocycles. The molecule has 0 aliphatic rings. The number of nitrogen functional groups attached to an aromatic ring is 1. The molecule has 0 saturated carbocycles. The largest absolute Gasteiger partial charge is 0.506 e. The molecule has 0 bridgehead atoms. The molecule has 0 aromatic carbocycles. The summed E-state index contributed by atoms with van der Waals surface area (Å²) in [4.78, 5) is 0. The number of anilines is 1. The second-order valence-electron chi connectivity index (χ2n) is 1.95. The van der Waals surface area contributed by atoms with E-state index >= 15 is 0 Å². The van der Waals surface area contributed by atoms with Crippen LogP contribution in [0.1, 0.15) is 5.69 Å². The summed E-state index contributed by atoms with van der Waals surface area (Å²) in [5.41, 5.74) is 4.58. The number of rotatable bonds is 0. The Kier molecular flexibility index (Phi) is 1.68. The molecule has 1 aromatic heterocycles. The van der Waals surface area contributed by atoms with Gasteiger partial charge in [-0.1, -0.05) is 0 Å². The number of nitrogens with two attached hydrogens (primary N) is 1. The SMILES string of the molecule is N#Cc1cc(N)n(C(F)(F)F)n1. The summed E-state index contributed by atoms with van der Waals surface area (Å²) in [5, 5.41) is 11.1. The summed E-state index contributed by atoms with van der Waals surface area (Å²) >= 11 is 0. The summed E-state index contributed by atoms with van der Waals surface area (Å²) in [7, 11) is 0. The molecule has 0 radical (unpaired) electrons. The molecule has 4 nitrogen and oxygen atoms in total. The lowest BCUT2D eigenvalue weighted by Crippen LogP contribution is -2.20. The van der Waals surface area contributed by atoms with Gasteiger partial charge in [-0.25, -0.2) is 0 Å². The number of hydrogen-bond acceptors (Lipinski definition) is 3. The fourth-order valence-electron chi connectivity index (χ4n) is 0.653. The summed E-state index contributed by atoms with van der Waals surface area (Å²) in [6.07, 6.45) is -4.67. The van der Waals surface area contributed by atoms with Crippen molar-refractivity contribution in [3.05, 3.63) is 11.8 Å². The number of hydrogen-bond donors (Lipinski definition) is 1. The molecular formula is C5H3F3N4. The van der Waals surface area contributed by atoms with Gasteiger partial charge in [0.25, 0.3) is 0 Å². The molecular weight excluding hydrogens is 173 g/mol. The number of halogens is 3.